The average molecular weight is 321 g/mol. The predicted octanol–water partition coefficient (Wildman–Crippen LogP) is 0.494. The van der Waals surface area contributed by atoms with Crippen molar-refractivity contribution in [2.45, 2.75) is 64.5 Å². The number of hydrogen-bond donors (Lipinski definition) is 3. The summed E-state index contributed by atoms with van der Waals surface area (Å²) in [4.78, 5) is 35.8. The number of rotatable bonds is 6. The summed E-state index contributed by atoms with van der Waals surface area (Å²) in [6, 6.07) is -1.04. The summed E-state index contributed by atoms with van der Waals surface area (Å²) < 4.78 is 0. The lowest BCUT2D eigenvalue weighted by molar-refractivity contribution is -0.139. The third-order valence-electron chi connectivity index (χ3n) is 6.36. The molecule has 0 aromatic carbocycles. The fourth-order valence-electron chi connectivity index (χ4n) is 4.23. The Morgan fingerprint density at radius 1 is 1.30 bits per heavy atom. The maximum absolute atomic E-state index is 12.5. The van der Waals surface area contributed by atoms with Crippen molar-refractivity contribution in [3.05, 3.63) is 0 Å². The molecular formula is C17H27N3O3. The van der Waals surface area contributed by atoms with Crippen molar-refractivity contribution >= 4 is 17.6 Å². The average Bonchev–Trinajstić information content (AvgIpc) is 2.79. The summed E-state index contributed by atoms with van der Waals surface area (Å²) in [6.45, 7) is 5.30. The molecule has 3 atom stereocenters. The highest BCUT2D eigenvalue weighted by Gasteiger charge is 2.64. The second-order valence-electron chi connectivity index (χ2n) is 8.30. The highest BCUT2D eigenvalue weighted by Crippen LogP contribution is 2.67. The van der Waals surface area contributed by atoms with Crippen LogP contribution in [-0.2, 0) is 14.4 Å². The topological polar surface area (TPSA) is 101 Å². The van der Waals surface area contributed by atoms with E-state index in [1.54, 1.807) is 0 Å². The van der Waals surface area contributed by atoms with Gasteiger partial charge >= 0.3 is 0 Å². The SMILES string of the molecule is CC1(C)CC12CNC(C(=O)NC(CC1CCC1)C(=O)C(N)=O)C2. The van der Waals surface area contributed by atoms with E-state index >= 15 is 0 Å². The summed E-state index contributed by atoms with van der Waals surface area (Å²) >= 11 is 0. The van der Waals surface area contributed by atoms with E-state index in [4.69, 9.17) is 5.73 Å². The number of Topliss-reactive ketones (excluding diaryl/α,β-unsaturated/α-hetero) is 1. The summed E-state index contributed by atoms with van der Waals surface area (Å²) in [7, 11) is 0. The minimum Gasteiger partial charge on any atom is -0.363 e. The van der Waals surface area contributed by atoms with Gasteiger partial charge in [-0.15, -0.1) is 0 Å². The van der Waals surface area contributed by atoms with Crippen molar-refractivity contribution in [1.29, 1.82) is 0 Å². The molecule has 3 aliphatic rings. The normalized spacial score (nSPS) is 33.0. The number of carbonyl (C=O) groups excluding carboxylic acids is 3. The van der Waals surface area contributed by atoms with Crippen LogP contribution in [0, 0.1) is 16.7 Å². The van der Waals surface area contributed by atoms with E-state index in [0.29, 0.717) is 12.3 Å². The highest BCUT2D eigenvalue weighted by atomic mass is 16.2. The van der Waals surface area contributed by atoms with Crippen LogP contribution >= 0.6 is 0 Å². The second kappa shape index (κ2) is 5.58. The molecule has 0 aromatic heterocycles. The monoisotopic (exact) mass is 321 g/mol. The third-order valence-corrected chi connectivity index (χ3v) is 6.36. The lowest BCUT2D eigenvalue weighted by Crippen LogP contribution is -2.51. The van der Waals surface area contributed by atoms with Crippen molar-refractivity contribution in [1.82, 2.24) is 10.6 Å². The fourth-order valence-corrected chi connectivity index (χ4v) is 4.23. The van der Waals surface area contributed by atoms with E-state index in [-0.39, 0.29) is 22.8 Å². The zero-order valence-electron chi connectivity index (χ0n) is 14.0. The largest absolute Gasteiger partial charge is 0.363 e. The molecule has 128 valence electrons. The lowest BCUT2D eigenvalue weighted by Gasteiger charge is -2.29. The molecule has 3 unspecified atom stereocenters. The Bertz CT molecular complexity index is 541. The Morgan fingerprint density at radius 3 is 2.39 bits per heavy atom. The molecule has 2 amide bonds. The van der Waals surface area contributed by atoms with Gasteiger partial charge in [0.1, 0.15) is 0 Å². The molecule has 6 heteroatoms. The molecule has 0 radical (unpaired) electrons. The molecule has 1 heterocycles. The molecular weight excluding hydrogens is 294 g/mol. The molecule has 1 saturated heterocycles. The molecule has 1 spiro atoms. The number of carbonyl (C=O) groups is 3. The van der Waals surface area contributed by atoms with Gasteiger partial charge in [0.25, 0.3) is 5.91 Å². The second-order valence-corrected chi connectivity index (χ2v) is 8.30. The van der Waals surface area contributed by atoms with Crippen molar-refractivity contribution < 1.29 is 14.4 Å². The van der Waals surface area contributed by atoms with Gasteiger partial charge in [0.15, 0.2) is 0 Å². The molecule has 4 N–H and O–H groups in total. The summed E-state index contributed by atoms with van der Waals surface area (Å²) in [5.41, 5.74) is 5.63. The van der Waals surface area contributed by atoms with E-state index in [1.807, 2.05) is 0 Å². The minimum atomic E-state index is -0.964. The van der Waals surface area contributed by atoms with Gasteiger partial charge in [-0.05, 0) is 36.0 Å². The van der Waals surface area contributed by atoms with Gasteiger partial charge in [0.2, 0.25) is 11.7 Å². The van der Waals surface area contributed by atoms with Crippen LogP contribution in [0.3, 0.4) is 0 Å². The van der Waals surface area contributed by atoms with Crippen molar-refractivity contribution in [2.75, 3.05) is 6.54 Å². The lowest BCUT2D eigenvalue weighted by atomic mass is 9.80. The Labute approximate surface area is 136 Å². The smallest absolute Gasteiger partial charge is 0.287 e. The summed E-state index contributed by atoms with van der Waals surface area (Å²) in [5, 5.41) is 6.06. The molecule has 0 bridgehead atoms. The van der Waals surface area contributed by atoms with Crippen LogP contribution in [0.4, 0.5) is 0 Å². The number of hydrogen-bond acceptors (Lipinski definition) is 4. The zero-order chi connectivity index (χ0) is 16.8. The van der Waals surface area contributed by atoms with Crippen LogP contribution in [0.25, 0.3) is 0 Å². The maximum atomic E-state index is 12.5. The Balaban J connectivity index is 1.59. The number of amides is 2. The molecule has 2 aliphatic carbocycles. The van der Waals surface area contributed by atoms with E-state index < -0.39 is 17.7 Å². The fraction of sp³-hybridized carbons (Fsp3) is 0.824. The summed E-state index contributed by atoms with van der Waals surface area (Å²) in [6.07, 6.45) is 5.71. The zero-order valence-corrected chi connectivity index (χ0v) is 14.0. The first kappa shape index (κ1) is 16.4. The number of ketones is 1. The maximum Gasteiger partial charge on any atom is 0.287 e. The Hall–Kier alpha value is -1.43. The van der Waals surface area contributed by atoms with Gasteiger partial charge in [-0.1, -0.05) is 33.1 Å². The van der Waals surface area contributed by atoms with Crippen LogP contribution in [0.15, 0.2) is 0 Å². The van der Waals surface area contributed by atoms with Crippen molar-refractivity contribution in [3.63, 3.8) is 0 Å². The van der Waals surface area contributed by atoms with Crippen molar-refractivity contribution in [3.8, 4) is 0 Å². The standard InChI is InChI=1S/C17H27N3O3/c1-16(2)8-17(16)7-12(19-9-17)15(23)20-11(13(21)14(18)22)6-10-4-3-5-10/h10-12,19H,3-9H2,1-2H3,(H2,18,22)(H,20,23). The molecule has 3 fully saturated rings. The predicted molar refractivity (Wildman–Crippen MR) is 85.3 cm³/mol. The van der Waals surface area contributed by atoms with E-state index in [0.717, 1.165) is 38.6 Å². The first-order chi connectivity index (χ1) is 10.7. The minimum absolute atomic E-state index is 0.177. The molecule has 1 aliphatic heterocycles. The number of nitrogens with two attached hydrogens (primary N) is 1. The molecule has 23 heavy (non-hydrogen) atoms. The van der Waals surface area contributed by atoms with Crippen LogP contribution in [0.1, 0.15) is 52.4 Å². The van der Waals surface area contributed by atoms with E-state index in [2.05, 4.69) is 24.5 Å². The molecule has 2 saturated carbocycles. The van der Waals surface area contributed by atoms with Gasteiger partial charge in [-0.3, -0.25) is 14.4 Å². The van der Waals surface area contributed by atoms with Gasteiger partial charge in [-0.25, -0.2) is 0 Å². The van der Waals surface area contributed by atoms with Crippen LogP contribution in [-0.4, -0.2) is 36.2 Å². The first-order valence-electron chi connectivity index (χ1n) is 8.61. The van der Waals surface area contributed by atoms with Crippen LogP contribution in [0.5, 0.6) is 0 Å². The highest BCUT2D eigenvalue weighted by molar-refractivity contribution is 6.37. The van der Waals surface area contributed by atoms with Gasteiger partial charge in [-0.2, -0.15) is 0 Å². The van der Waals surface area contributed by atoms with Crippen LogP contribution in [0.2, 0.25) is 0 Å². The van der Waals surface area contributed by atoms with Gasteiger partial charge < -0.3 is 16.4 Å². The third kappa shape index (κ3) is 3.01. The molecule has 3 rings (SSSR count). The van der Waals surface area contributed by atoms with Crippen molar-refractivity contribution in [2.24, 2.45) is 22.5 Å². The number of nitrogens with one attached hydrogen (secondary N) is 2. The Morgan fingerprint density at radius 2 is 1.96 bits per heavy atom. The first-order valence-corrected chi connectivity index (χ1v) is 8.61. The van der Waals surface area contributed by atoms with Gasteiger partial charge in [0, 0.05) is 6.54 Å². The number of primary amides is 1. The molecule has 6 nitrogen and oxygen atoms in total. The van der Waals surface area contributed by atoms with E-state index in [1.165, 1.54) is 0 Å². The van der Waals surface area contributed by atoms with Gasteiger partial charge in [0.05, 0.1) is 12.1 Å². The molecule has 0 aromatic rings. The van der Waals surface area contributed by atoms with Crippen LogP contribution < -0.4 is 16.4 Å². The van der Waals surface area contributed by atoms with E-state index in [9.17, 15) is 14.4 Å². The Kier molecular flexibility index (Phi) is 3.99. The summed E-state index contributed by atoms with van der Waals surface area (Å²) in [5.74, 6) is -1.41. The quantitative estimate of drug-likeness (QED) is 0.620.